The van der Waals surface area contributed by atoms with Crippen molar-refractivity contribution in [1.29, 1.82) is 0 Å². The van der Waals surface area contributed by atoms with Crippen LogP contribution in [0.25, 0.3) is 0 Å². The molecule has 2 amide bonds. The van der Waals surface area contributed by atoms with Crippen molar-refractivity contribution in [3.63, 3.8) is 0 Å². The fourth-order valence-electron chi connectivity index (χ4n) is 1.33. The third-order valence-corrected chi connectivity index (χ3v) is 3.67. The van der Waals surface area contributed by atoms with Gasteiger partial charge in [0.2, 0.25) is 11.8 Å². The number of carbonyl (C=O) groups excluding carboxylic acids is 2. The molecule has 2 rings (SSSR count). The Morgan fingerprint density at radius 2 is 2.44 bits per heavy atom. The first-order valence-corrected chi connectivity index (χ1v) is 6.52. The summed E-state index contributed by atoms with van der Waals surface area (Å²) < 4.78 is 0.533. The number of thiocarbonyl (C=S) groups is 1. The minimum atomic E-state index is -0.188. The van der Waals surface area contributed by atoms with Crippen LogP contribution in [0.15, 0.2) is 0 Å². The van der Waals surface area contributed by atoms with Crippen molar-refractivity contribution >= 4 is 40.1 Å². The van der Waals surface area contributed by atoms with E-state index in [0.29, 0.717) is 22.4 Å². The number of aromatic amines is 1. The SMILES string of the molecule is O=C(CCN1C(=O)CSC1=S)NCc1nn[nH]n1. The average molecular weight is 286 g/mol. The molecule has 0 atom stereocenters. The molecule has 8 nitrogen and oxygen atoms in total. The van der Waals surface area contributed by atoms with E-state index in [0.717, 1.165) is 0 Å². The van der Waals surface area contributed by atoms with E-state index in [1.807, 2.05) is 0 Å². The molecule has 1 aromatic heterocycles. The van der Waals surface area contributed by atoms with Crippen LogP contribution in [0.4, 0.5) is 0 Å². The Balaban J connectivity index is 1.71. The van der Waals surface area contributed by atoms with Crippen molar-refractivity contribution in [2.24, 2.45) is 0 Å². The second kappa shape index (κ2) is 5.87. The number of hydrogen-bond donors (Lipinski definition) is 2. The van der Waals surface area contributed by atoms with Gasteiger partial charge in [0, 0.05) is 13.0 Å². The zero-order valence-electron chi connectivity index (χ0n) is 9.25. The summed E-state index contributed by atoms with van der Waals surface area (Å²) in [6.07, 6.45) is 0.199. The molecule has 0 unspecified atom stereocenters. The molecule has 2 N–H and O–H groups in total. The second-order valence-electron chi connectivity index (χ2n) is 3.45. The van der Waals surface area contributed by atoms with Crippen molar-refractivity contribution in [2.45, 2.75) is 13.0 Å². The number of H-pyrrole nitrogens is 1. The van der Waals surface area contributed by atoms with Gasteiger partial charge in [-0.05, 0) is 0 Å². The molecule has 0 aliphatic carbocycles. The third kappa shape index (κ3) is 3.23. The molecule has 1 aliphatic rings. The summed E-state index contributed by atoms with van der Waals surface area (Å²) in [5.41, 5.74) is 0. The van der Waals surface area contributed by atoms with E-state index in [9.17, 15) is 9.59 Å². The maximum atomic E-state index is 11.5. The van der Waals surface area contributed by atoms with Gasteiger partial charge in [-0.3, -0.25) is 14.5 Å². The lowest BCUT2D eigenvalue weighted by Crippen LogP contribution is -2.33. The van der Waals surface area contributed by atoms with E-state index in [1.54, 1.807) is 0 Å². The molecule has 1 saturated heterocycles. The van der Waals surface area contributed by atoms with Crippen LogP contribution < -0.4 is 5.32 Å². The van der Waals surface area contributed by atoms with Gasteiger partial charge >= 0.3 is 0 Å². The summed E-state index contributed by atoms with van der Waals surface area (Å²) in [7, 11) is 0. The van der Waals surface area contributed by atoms with Gasteiger partial charge in [0.05, 0.1) is 12.3 Å². The fraction of sp³-hybridized carbons (Fsp3) is 0.500. The number of aromatic nitrogens is 4. The molecule has 0 bridgehead atoms. The minimum Gasteiger partial charge on any atom is -0.349 e. The molecule has 1 fully saturated rings. The zero-order chi connectivity index (χ0) is 13.0. The number of rotatable bonds is 5. The second-order valence-corrected chi connectivity index (χ2v) is 5.06. The highest BCUT2D eigenvalue weighted by Crippen LogP contribution is 2.19. The zero-order valence-corrected chi connectivity index (χ0v) is 10.9. The van der Waals surface area contributed by atoms with Crippen LogP contribution in [0.3, 0.4) is 0 Å². The van der Waals surface area contributed by atoms with Crippen LogP contribution >= 0.6 is 24.0 Å². The summed E-state index contributed by atoms with van der Waals surface area (Å²) in [5.74, 6) is 0.540. The molecule has 1 aromatic rings. The maximum Gasteiger partial charge on any atom is 0.238 e. The topological polar surface area (TPSA) is 104 Å². The molecule has 2 heterocycles. The van der Waals surface area contributed by atoms with Gasteiger partial charge in [-0.1, -0.05) is 29.2 Å². The van der Waals surface area contributed by atoms with E-state index >= 15 is 0 Å². The lowest BCUT2D eigenvalue weighted by molar-refractivity contribution is -0.125. The standard InChI is InChI=1S/C8H10N6O2S2/c15-6(9-3-5-10-12-13-11-5)1-2-14-7(16)4-18-8(14)17/h1-4H2,(H,9,15)(H,10,11,12,13). The summed E-state index contributed by atoms with van der Waals surface area (Å²) in [6, 6.07) is 0. The Labute approximate surface area is 112 Å². The molecule has 10 heteroatoms. The number of carbonyl (C=O) groups is 2. The average Bonchev–Trinajstić information content (AvgIpc) is 2.96. The third-order valence-electron chi connectivity index (χ3n) is 2.24. The minimum absolute atomic E-state index is 0.0454. The van der Waals surface area contributed by atoms with E-state index in [-0.39, 0.29) is 24.8 Å². The number of nitrogens with one attached hydrogen (secondary N) is 2. The van der Waals surface area contributed by atoms with E-state index in [1.165, 1.54) is 16.7 Å². The Morgan fingerprint density at radius 3 is 3.06 bits per heavy atom. The van der Waals surface area contributed by atoms with Gasteiger partial charge in [0.1, 0.15) is 4.32 Å². The number of nitrogens with zero attached hydrogens (tertiary/aromatic N) is 4. The van der Waals surface area contributed by atoms with E-state index in [4.69, 9.17) is 12.2 Å². The molecular weight excluding hydrogens is 276 g/mol. The Morgan fingerprint density at radius 1 is 1.61 bits per heavy atom. The van der Waals surface area contributed by atoms with Gasteiger partial charge in [0.15, 0.2) is 5.82 Å². The molecule has 96 valence electrons. The van der Waals surface area contributed by atoms with Gasteiger partial charge in [-0.25, -0.2) is 0 Å². The molecule has 0 saturated carbocycles. The van der Waals surface area contributed by atoms with Crippen molar-refractivity contribution in [2.75, 3.05) is 12.3 Å². The van der Waals surface area contributed by atoms with Crippen molar-refractivity contribution in [3.05, 3.63) is 5.82 Å². The van der Waals surface area contributed by atoms with Crippen LogP contribution in [-0.4, -0.2) is 54.0 Å². The van der Waals surface area contributed by atoms with Gasteiger partial charge in [0.25, 0.3) is 0 Å². The van der Waals surface area contributed by atoms with Crippen molar-refractivity contribution in [3.8, 4) is 0 Å². The van der Waals surface area contributed by atoms with Crippen LogP contribution in [0, 0.1) is 0 Å². The number of hydrogen-bond acceptors (Lipinski definition) is 7. The van der Waals surface area contributed by atoms with Gasteiger partial charge in [-0.2, -0.15) is 5.21 Å². The summed E-state index contributed by atoms with van der Waals surface area (Å²) in [4.78, 5) is 24.4. The number of thioether (sulfide) groups is 1. The highest BCUT2D eigenvalue weighted by Gasteiger charge is 2.26. The lowest BCUT2D eigenvalue weighted by Gasteiger charge is -2.13. The van der Waals surface area contributed by atoms with Crippen LogP contribution in [0.5, 0.6) is 0 Å². The first-order chi connectivity index (χ1) is 8.66. The molecule has 0 spiro atoms. The first-order valence-electron chi connectivity index (χ1n) is 5.13. The quantitative estimate of drug-likeness (QED) is 0.674. The predicted molar refractivity (Wildman–Crippen MR) is 67.4 cm³/mol. The van der Waals surface area contributed by atoms with E-state index < -0.39 is 0 Å². The van der Waals surface area contributed by atoms with Crippen LogP contribution in [0.1, 0.15) is 12.2 Å². The summed E-state index contributed by atoms with van der Waals surface area (Å²) in [6.45, 7) is 0.519. The molecule has 18 heavy (non-hydrogen) atoms. The summed E-state index contributed by atoms with van der Waals surface area (Å²) >= 11 is 6.32. The monoisotopic (exact) mass is 286 g/mol. The highest BCUT2D eigenvalue weighted by molar-refractivity contribution is 8.23. The molecule has 0 radical (unpaired) electrons. The summed E-state index contributed by atoms with van der Waals surface area (Å²) in [5, 5.41) is 15.7. The van der Waals surface area contributed by atoms with Crippen LogP contribution in [-0.2, 0) is 16.1 Å². The predicted octanol–water partition coefficient (Wildman–Crippen LogP) is -0.934. The van der Waals surface area contributed by atoms with Gasteiger partial charge < -0.3 is 5.32 Å². The normalized spacial score (nSPS) is 15.2. The lowest BCUT2D eigenvalue weighted by atomic mass is 10.3. The Bertz CT molecular complexity index is 446. The Kier molecular flexibility index (Phi) is 4.20. The van der Waals surface area contributed by atoms with Crippen molar-refractivity contribution in [1.82, 2.24) is 30.8 Å². The molecule has 0 aromatic carbocycles. The maximum absolute atomic E-state index is 11.5. The number of amides is 2. The smallest absolute Gasteiger partial charge is 0.238 e. The van der Waals surface area contributed by atoms with E-state index in [2.05, 4.69) is 25.9 Å². The highest BCUT2D eigenvalue weighted by atomic mass is 32.2. The Hall–Kier alpha value is -1.55. The number of tetrazole rings is 1. The largest absolute Gasteiger partial charge is 0.349 e. The first kappa shape index (κ1) is 12.9. The van der Waals surface area contributed by atoms with Gasteiger partial charge in [-0.15, -0.1) is 10.2 Å². The molecular formula is C8H10N6O2S2. The van der Waals surface area contributed by atoms with Crippen molar-refractivity contribution < 1.29 is 9.59 Å². The van der Waals surface area contributed by atoms with Crippen LogP contribution in [0.2, 0.25) is 0 Å². The fourth-order valence-corrected chi connectivity index (χ4v) is 2.46. The molecule has 1 aliphatic heterocycles.